The quantitative estimate of drug-likeness (QED) is 0.492. The Labute approximate surface area is 124 Å². The van der Waals surface area contributed by atoms with Gasteiger partial charge in [-0.3, -0.25) is 19.8 Å². The van der Waals surface area contributed by atoms with E-state index in [1.165, 1.54) is 24.3 Å². The minimum atomic E-state index is -0.457. The molecule has 0 amide bonds. The Bertz CT molecular complexity index is 495. The summed E-state index contributed by atoms with van der Waals surface area (Å²) < 4.78 is 0. The van der Waals surface area contributed by atoms with Gasteiger partial charge in [0.25, 0.3) is 5.69 Å². The van der Waals surface area contributed by atoms with Gasteiger partial charge in [0.2, 0.25) is 0 Å². The molecule has 1 heterocycles. The number of nitro benzene ring substituents is 1. The Morgan fingerprint density at radius 3 is 2.48 bits per heavy atom. The maximum absolute atomic E-state index is 12.3. The number of ketones is 1. The first kappa shape index (κ1) is 15.6. The van der Waals surface area contributed by atoms with Crippen LogP contribution < -0.4 is 5.32 Å². The first-order chi connectivity index (χ1) is 10.1. The van der Waals surface area contributed by atoms with Crippen molar-refractivity contribution in [3.8, 4) is 0 Å². The molecule has 0 saturated carbocycles. The number of nitrogens with one attached hydrogen (secondary N) is 1. The van der Waals surface area contributed by atoms with Gasteiger partial charge in [-0.15, -0.1) is 0 Å². The van der Waals surface area contributed by atoms with E-state index in [4.69, 9.17) is 0 Å². The third kappa shape index (κ3) is 4.09. The van der Waals surface area contributed by atoms with Crippen molar-refractivity contribution >= 4 is 11.5 Å². The predicted octanol–water partition coefficient (Wildman–Crippen LogP) is 1.85. The molecule has 0 atom stereocenters. The van der Waals surface area contributed by atoms with Crippen molar-refractivity contribution in [2.24, 2.45) is 0 Å². The number of likely N-dealkylation sites (N-methyl/N-ethyl adjacent to an activating group) is 1. The number of hydrogen-bond donors (Lipinski definition) is 1. The molecule has 0 aromatic heterocycles. The minimum Gasteiger partial charge on any atom is -0.317 e. The third-order valence-electron chi connectivity index (χ3n) is 3.98. The zero-order valence-electron chi connectivity index (χ0n) is 12.2. The molecule has 1 N–H and O–H groups in total. The van der Waals surface area contributed by atoms with Crippen LogP contribution in [0.1, 0.15) is 30.1 Å². The SMILES string of the molecule is CCN(CC(=O)c1ccc([N+](=O)[O-])cc1)C1CCNCC1. The molecule has 1 aromatic carbocycles. The van der Waals surface area contributed by atoms with Crippen LogP contribution in [0.3, 0.4) is 0 Å². The van der Waals surface area contributed by atoms with Crippen molar-refractivity contribution < 1.29 is 9.72 Å². The summed E-state index contributed by atoms with van der Waals surface area (Å²) in [7, 11) is 0. The Hall–Kier alpha value is -1.79. The van der Waals surface area contributed by atoms with Crippen LogP contribution in [0.15, 0.2) is 24.3 Å². The molecule has 21 heavy (non-hydrogen) atoms. The molecule has 1 saturated heterocycles. The molecule has 0 spiro atoms. The lowest BCUT2D eigenvalue weighted by Crippen LogP contribution is -2.45. The first-order valence-corrected chi connectivity index (χ1v) is 7.34. The van der Waals surface area contributed by atoms with Crippen LogP contribution in [0.4, 0.5) is 5.69 Å². The lowest BCUT2D eigenvalue weighted by Gasteiger charge is -2.33. The molecule has 6 heteroatoms. The van der Waals surface area contributed by atoms with Gasteiger partial charge >= 0.3 is 0 Å². The van der Waals surface area contributed by atoms with E-state index < -0.39 is 4.92 Å². The van der Waals surface area contributed by atoms with Crippen LogP contribution in [-0.2, 0) is 0 Å². The van der Waals surface area contributed by atoms with Gasteiger partial charge in [0.1, 0.15) is 0 Å². The molecular formula is C15H21N3O3. The lowest BCUT2D eigenvalue weighted by atomic mass is 10.0. The minimum absolute atomic E-state index is 0.0113. The summed E-state index contributed by atoms with van der Waals surface area (Å²) in [5.74, 6) is 0.0188. The highest BCUT2D eigenvalue weighted by molar-refractivity contribution is 5.97. The molecule has 0 bridgehead atoms. The molecule has 6 nitrogen and oxygen atoms in total. The van der Waals surface area contributed by atoms with E-state index in [-0.39, 0.29) is 11.5 Å². The first-order valence-electron chi connectivity index (χ1n) is 7.34. The average Bonchev–Trinajstić information content (AvgIpc) is 2.53. The summed E-state index contributed by atoms with van der Waals surface area (Å²) in [5, 5.41) is 13.9. The molecular weight excluding hydrogens is 270 g/mol. The third-order valence-corrected chi connectivity index (χ3v) is 3.98. The Balaban J connectivity index is 1.99. The van der Waals surface area contributed by atoms with E-state index in [1.807, 2.05) is 0 Å². The summed E-state index contributed by atoms with van der Waals surface area (Å²) in [6.07, 6.45) is 2.11. The van der Waals surface area contributed by atoms with Gasteiger partial charge in [0, 0.05) is 23.7 Å². The highest BCUT2D eigenvalue weighted by Gasteiger charge is 2.22. The van der Waals surface area contributed by atoms with Crippen LogP contribution in [0.25, 0.3) is 0 Å². The van der Waals surface area contributed by atoms with Crippen molar-refractivity contribution in [2.75, 3.05) is 26.2 Å². The van der Waals surface area contributed by atoms with E-state index >= 15 is 0 Å². The van der Waals surface area contributed by atoms with Crippen LogP contribution >= 0.6 is 0 Å². The molecule has 0 aliphatic carbocycles. The van der Waals surface area contributed by atoms with E-state index in [0.717, 1.165) is 32.5 Å². The van der Waals surface area contributed by atoms with Gasteiger partial charge in [-0.05, 0) is 44.6 Å². The summed E-state index contributed by atoms with van der Waals surface area (Å²) in [6.45, 7) is 5.26. The average molecular weight is 291 g/mol. The van der Waals surface area contributed by atoms with Crippen LogP contribution in [0, 0.1) is 10.1 Å². The maximum Gasteiger partial charge on any atom is 0.269 e. The second-order valence-electron chi connectivity index (χ2n) is 5.27. The van der Waals surface area contributed by atoms with E-state index in [0.29, 0.717) is 18.2 Å². The number of carbonyl (C=O) groups is 1. The number of Topliss-reactive ketones (excluding diaryl/α,β-unsaturated/α-hetero) is 1. The van der Waals surface area contributed by atoms with Crippen LogP contribution in [0.2, 0.25) is 0 Å². The maximum atomic E-state index is 12.3. The summed E-state index contributed by atoms with van der Waals surface area (Å²) >= 11 is 0. The fourth-order valence-corrected chi connectivity index (χ4v) is 2.72. The Morgan fingerprint density at radius 1 is 1.33 bits per heavy atom. The van der Waals surface area contributed by atoms with Crippen molar-refractivity contribution in [2.45, 2.75) is 25.8 Å². The molecule has 114 valence electrons. The smallest absolute Gasteiger partial charge is 0.269 e. The van der Waals surface area contributed by atoms with Gasteiger partial charge in [0.05, 0.1) is 11.5 Å². The number of hydrogen-bond acceptors (Lipinski definition) is 5. The number of carbonyl (C=O) groups excluding carboxylic acids is 1. The number of piperidine rings is 1. The van der Waals surface area contributed by atoms with Gasteiger partial charge in [-0.1, -0.05) is 6.92 Å². The molecule has 1 aliphatic heterocycles. The van der Waals surface area contributed by atoms with Crippen molar-refractivity contribution in [3.63, 3.8) is 0 Å². The largest absolute Gasteiger partial charge is 0.317 e. The summed E-state index contributed by atoms with van der Waals surface area (Å²) in [5.41, 5.74) is 0.547. The standard InChI is InChI=1S/C15H21N3O3/c1-2-17(13-7-9-16-10-8-13)11-15(19)12-3-5-14(6-4-12)18(20)21/h3-6,13,16H,2,7-11H2,1H3. The number of nitrogens with zero attached hydrogens (tertiary/aromatic N) is 2. The number of nitro groups is 1. The normalized spacial score (nSPS) is 16.1. The number of benzene rings is 1. The topological polar surface area (TPSA) is 75.5 Å². The van der Waals surface area contributed by atoms with Crippen molar-refractivity contribution in [1.29, 1.82) is 0 Å². The Kier molecular flexibility index (Phi) is 5.41. The molecule has 2 rings (SSSR count). The monoisotopic (exact) mass is 291 g/mol. The Morgan fingerprint density at radius 2 is 1.95 bits per heavy atom. The van der Waals surface area contributed by atoms with Crippen molar-refractivity contribution in [1.82, 2.24) is 10.2 Å². The van der Waals surface area contributed by atoms with E-state index in [2.05, 4.69) is 17.1 Å². The fourth-order valence-electron chi connectivity index (χ4n) is 2.72. The van der Waals surface area contributed by atoms with E-state index in [9.17, 15) is 14.9 Å². The van der Waals surface area contributed by atoms with E-state index in [1.54, 1.807) is 0 Å². The lowest BCUT2D eigenvalue weighted by molar-refractivity contribution is -0.384. The molecule has 0 radical (unpaired) electrons. The van der Waals surface area contributed by atoms with Gasteiger partial charge in [-0.25, -0.2) is 0 Å². The van der Waals surface area contributed by atoms with Gasteiger partial charge < -0.3 is 5.32 Å². The molecule has 1 fully saturated rings. The summed E-state index contributed by atoms with van der Waals surface area (Å²) in [6, 6.07) is 6.29. The number of rotatable bonds is 6. The fraction of sp³-hybridized carbons (Fsp3) is 0.533. The second-order valence-corrected chi connectivity index (χ2v) is 5.27. The van der Waals surface area contributed by atoms with Crippen LogP contribution in [-0.4, -0.2) is 47.8 Å². The number of non-ortho nitro benzene ring substituents is 1. The summed E-state index contributed by atoms with van der Waals surface area (Å²) in [4.78, 5) is 24.7. The molecule has 0 unspecified atom stereocenters. The van der Waals surface area contributed by atoms with Gasteiger partial charge in [-0.2, -0.15) is 0 Å². The van der Waals surface area contributed by atoms with Crippen LogP contribution in [0.5, 0.6) is 0 Å². The van der Waals surface area contributed by atoms with Gasteiger partial charge in [0.15, 0.2) is 5.78 Å². The highest BCUT2D eigenvalue weighted by atomic mass is 16.6. The molecule has 1 aromatic rings. The highest BCUT2D eigenvalue weighted by Crippen LogP contribution is 2.15. The second kappa shape index (κ2) is 7.28. The zero-order valence-corrected chi connectivity index (χ0v) is 12.2. The zero-order chi connectivity index (χ0) is 15.2. The predicted molar refractivity (Wildman–Crippen MR) is 80.6 cm³/mol. The van der Waals surface area contributed by atoms with Crippen molar-refractivity contribution in [3.05, 3.63) is 39.9 Å². The molecule has 1 aliphatic rings.